The Kier molecular flexibility index (Phi) is 6.22. The molecule has 3 heteroatoms. The molecule has 1 rings (SSSR count). The van der Waals surface area contributed by atoms with Crippen LogP contribution in [0.3, 0.4) is 0 Å². The van der Waals surface area contributed by atoms with E-state index in [-0.39, 0.29) is 6.61 Å². The van der Waals surface area contributed by atoms with Gasteiger partial charge in [0.1, 0.15) is 0 Å². The summed E-state index contributed by atoms with van der Waals surface area (Å²) in [6.07, 6.45) is 4.79. The first-order valence-corrected chi connectivity index (χ1v) is 6.39. The van der Waals surface area contributed by atoms with E-state index in [1.54, 1.807) is 0 Å². The fraction of sp³-hybridized carbons (Fsp3) is 1.00. The van der Waals surface area contributed by atoms with Gasteiger partial charge in [-0.2, -0.15) is 0 Å². The summed E-state index contributed by atoms with van der Waals surface area (Å²) in [4.78, 5) is 2.52. The molecule has 2 atom stereocenters. The largest absolute Gasteiger partial charge is 0.395 e. The predicted octanol–water partition coefficient (Wildman–Crippen LogP) is 1.22. The first kappa shape index (κ1) is 12.9. The maximum atomic E-state index is 9.15. The van der Waals surface area contributed by atoms with E-state index in [4.69, 9.17) is 5.11 Å². The molecule has 1 fully saturated rings. The molecule has 0 aliphatic carbocycles. The Hall–Kier alpha value is -0.120. The molecule has 0 bridgehead atoms. The molecule has 0 spiro atoms. The van der Waals surface area contributed by atoms with E-state index in [0.29, 0.717) is 12.1 Å². The van der Waals surface area contributed by atoms with E-state index in [1.807, 2.05) is 0 Å². The molecule has 0 amide bonds. The van der Waals surface area contributed by atoms with Crippen molar-refractivity contribution in [2.45, 2.75) is 51.6 Å². The zero-order valence-corrected chi connectivity index (χ0v) is 10.2. The van der Waals surface area contributed by atoms with Gasteiger partial charge >= 0.3 is 0 Å². The van der Waals surface area contributed by atoms with Gasteiger partial charge in [0, 0.05) is 12.1 Å². The van der Waals surface area contributed by atoms with Crippen molar-refractivity contribution in [1.29, 1.82) is 0 Å². The van der Waals surface area contributed by atoms with E-state index in [9.17, 15) is 0 Å². The van der Waals surface area contributed by atoms with Crippen LogP contribution < -0.4 is 5.32 Å². The summed E-state index contributed by atoms with van der Waals surface area (Å²) in [6, 6.07) is 0.904. The van der Waals surface area contributed by atoms with Gasteiger partial charge in [-0.15, -0.1) is 0 Å². The van der Waals surface area contributed by atoms with Gasteiger partial charge < -0.3 is 15.3 Å². The summed E-state index contributed by atoms with van der Waals surface area (Å²) in [5, 5.41) is 12.7. The van der Waals surface area contributed by atoms with Gasteiger partial charge in [-0.05, 0) is 45.3 Å². The van der Waals surface area contributed by atoms with E-state index in [2.05, 4.69) is 24.1 Å². The highest BCUT2D eigenvalue weighted by Crippen LogP contribution is 2.11. The highest BCUT2D eigenvalue weighted by molar-refractivity contribution is 4.77. The third-order valence-electron chi connectivity index (χ3n) is 3.45. The lowest BCUT2D eigenvalue weighted by Gasteiger charge is -2.22. The summed E-state index contributed by atoms with van der Waals surface area (Å²) < 4.78 is 0. The van der Waals surface area contributed by atoms with Crippen molar-refractivity contribution in [3.05, 3.63) is 0 Å². The maximum absolute atomic E-state index is 9.15. The van der Waals surface area contributed by atoms with Crippen LogP contribution in [0.1, 0.15) is 39.5 Å². The summed E-state index contributed by atoms with van der Waals surface area (Å²) >= 11 is 0. The second-order valence-electron chi connectivity index (χ2n) is 4.52. The molecule has 1 aliphatic heterocycles. The molecule has 0 aromatic carbocycles. The molecule has 0 aromatic rings. The Morgan fingerprint density at radius 3 is 2.73 bits per heavy atom. The summed E-state index contributed by atoms with van der Waals surface area (Å²) in [5.74, 6) is 0. The predicted molar refractivity (Wildman–Crippen MR) is 64.1 cm³/mol. The van der Waals surface area contributed by atoms with E-state index in [0.717, 1.165) is 6.42 Å². The summed E-state index contributed by atoms with van der Waals surface area (Å²) in [7, 11) is 0. The van der Waals surface area contributed by atoms with Crippen LogP contribution in [-0.4, -0.2) is 48.3 Å². The smallest absolute Gasteiger partial charge is 0.0584 e. The number of hydrogen-bond donors (Lipinski definition) is 2. The van der Waals surface area contributed by atoms with Gasteiger partial charge in [0.2, 0.25) is 0 Å². The number of likely N-dealkylation sites (tertiary alicyclic amines) is 1. The molecule has 1 unspecified atom stereocenters. The average Bonchev–Trinajstić information content (AvgIpc) is 2.50. The molecule has 1 heterocycles. The van der Waals surface area contributed by atoms with Gasteiger partial charge in [0.05, 0.1) is 6.61 Å². The van der Waals surface area contributed by atoms with Crippen LogP contribution in [0, 0.1) is 0 Å². The fourth-order valence-electron chi connectivity index (χ4n) is 2.27. The number of nitrogens with zero attached hydrogens (tertiary/aromatic N) is 1. The van der Waals surface area contributed by atoms with Crippen molar-refractivity contribution in [2.75, 3.05) is 26.2 Å². The lowest BCUT2D eigenvalue weighted by Crippen LogP contribution is -2.40. The molecule has 3 nitrogen and oxygen atoms in total. The summed E-state index contributed by atoms with van der Waals surface area (Å²) in [5.41, 5.74) is 0. The van der Waals surface area contributed by atoms with Gasteiger partial charge in [0.15, 0.2) is 0 Å². The van der Waals surface area contributed by atoms with Crippen LogP contribution >= 0.6 is 0 Å². The fourth-order valence-corrected chi connectivity index (χ4v) is 2.27. The van der Waals surface area contributed by atoms with Crippen molar-refractivity contribution in [3.63, 3.8) is 0 Å². The highest BCUT2D eigenvalue weighted by atomic mass is 16.3. The molecular weight excluding hydrogens is 188 g/mol. The molecule has 0 radical (unpaired) electrons. The third-order valence-corrected chi connectivity index (χ3v) is 3.45. The van der Waals surface area contributed by atoms with E-state index in [1.165, 1.54) is 38.9 Å². The quantitative estimate of drug-likeness (QED) is 0.722. The Morgan fingerprint density at radius 2 is 2.13 bits per heavy atom. The van der Waals surface area contributed by atoms with Crippen molar-refractivity contribution in [2.24, 2.45) is 0 Å². The van der Waals surface area contributed by atoms with Crippen LogP contribution in [0.4, 0.5) is 0 Å². The Balaban J connectivity index is 2.30. The molecule has 1 aliphatic rings. The summed E-state index contributed by atoms with van der Waals surface area (Å²) in [6.45, 7) is 8.24. The van der Waals surface area contributed by atoms with Crippen molar-refractivity contribution in [3.8, 4) is 0 Å². The minimum atomic E-state index is 0.268. The minimum absolute atomic E-state index is 0.268. The lowest BCUT2D eigenvalue weighted by molar-refractivity contribution is 0.222. The van der Waals surface area contributed by atoms with Gasteiger partial charge in [-0.25, -0.2) is 0 Å². The molecular formula is C12H26N2O. The normalized spacial score (nSPS) is 26.2. The van der Waals surface area contributed by atoms with Crippen LogP contribution in [0.15, 0.2) is 0 Å². The number of aliphatic hydroxyl groups is 1. The second-order valence-corrected chi connectivity index (χ2v) is 4.52. The molecule has 90 valence electrons. The SMILES string of the molecule is CC[C@H](CO)NC1CCCN(CC)CC1. The lowest BCUT2D eigenvalue weighted by atomic mass is 10.1. The van der Waals surface area contributed by atoms with Crippen LogP contribution in [0.5, 0.6) is 0 Å². The topological polar surface area (TPSA) is 35.5 Å². The van der Waals surface area contributed by atoms with Crippen molar-refractivity contribution >= 4 is 0 Å². The molecule has 0 aromatic heterocycles. The van der Waals surface area contributed by atoms with Crippen LogP contribution in [-0.2, 0) is 0 Å². The highest BCUT2D eigenvalue weighted by Gasteiger charge is 2.17. The Labute approximate surface area is 93.9 Å². The zero-order valence-electron chi connectivity index (χ0n) is 10.2. The molecule has 1 saturated heterocycles. The Bertz CT molecular complexity index is 160. The molecule has 2 N–H and O–H groups in total. The first-order valence-electron chi connectivity index (χ1n) is 6.39. The standard InChI is InChI=1S/C12H26N2O/c1-3-11(10-15)13-12-6-5-8-14(4-2)9-7-12/h11-13,15H,3-10H2,1-2H3/t11-,12?/m1/s1. The van der Waals surface area contributed by atoms with E-state index >= 15 is 0 Å². The molecule has 0 saturated carbocycles. The third kappa shape index (κ3) is 4.49. The van der Waals surface area contributed by atoms with Crippen molar-refractivity contribution in [1.82, 2.24) is 10.2 Å². The average molecular weight is 214 g/mol. The van der Waals surface area contributed by atoms with E-state index < -0.39 is 0 Å². The van der Waals surface area contributed by atoms with Crippen LogP contribution in [0.2, 0.25) is 0 Å². The van der Waals surface area contributed by atoms with Gasteiger partial charge in [-0.1, -0.05) is 13.8 Å². The monoisotopic (exact) mass is 214 g/mol. The second kappa shape index (κ2) is 7.20. The van der Waals surface area contributed by atoms with Gasteiger partial charge in [-0.3, -0.25) is 0 Å². The Morgan fingerprint density at radius 1 is 1.33 bits per heavy atom. The minimum Gasteiger partial charge on any atom is -0.395 e. The number of aliphatic hydroxyl groups excluding tert-OH is 1. The molecule has 15 heavy (non-hydrogen) atoms. The van der Waals surface area contributed by atoms with Crippen LogP contribution in [0.25, 0.3) is 0 Å². The number of rotatable bonds is 5. The number of nitrogens with one attached hydrogen (secondary N) is 1. The number of hydrogen-bond acceptors (Lipinski definition) is 3. The van der Waals surface area contributed by atoms with Crippen molar-refractivity contribution < 1.29 is 5.11 Å². The first-order chi connectivity index (χ1) is 7.30. The van der Waals surface area contributed by atoms with Gasteiger partial charge in [0.25, 0.3) is 0 Å². The zero-order chi connectivity index (χ0) is 11.1. The maximum Gasteiger partial charge on any atom is 0.0584 e.